The van der Waals surface area contributed by atoms with Crippen molar-refractivity contribution < 1.29 is 0 Å². The van der Waals surface area contributed by atoms with Gasteiger partial charge in [0.2, 0.25) is 5.95 Å². The van der Waals surface area contributed by atoms with Crippen LogP contribution in [0.5, 0.6) is 0 Å². The molecule has 5 heteroatoms. The van der Waals surface area contributed by atoms with Gasteiger partial charge in [0.1, 0.15) is 0 Å². The fraction of sp³-hybridized carbons (Fsp3) is 0.714. The van der Waals surface area contributed by atoms with Crippen LogP contribution < -0.4 is 10.2 Å². The standard InChI is InChI=1S/C14H23BrN4/c1-11(2)6-16-7-12-4-3-5-19(10-12)14-17-8-13(15)9-18-14/h8-9,11-12,16H,3-7,10H2,1-2H3. The number of nitrogens with zero attached hydrogens (tertiary/aromatic N) is 3. The molecule has 1 atom stereocenters. The second-order valence-corrected chi connectivity index (χ2v) is 6.62. The van der Waals surface area contributed by atoms with Crippen molar-refractivity contribution >= 4 is 21.9 Å². The maximum absolute atomic E-state index is 4.39. The Morgan fingerprint density at radius 2 is 2.16 bits per heavy atom. The van der Waals surface area contributed by atoms with Crippen molar-refractivity contribution in [3.05, 3.63) is 16.9 Å². The van der Waals surface area contributed by atoms with Gasteiger partial charge in [0, 0.05) is 25.5 Å². The summed E-state index contributed by atoms with van der Waals surface area (Å²) in [7, 11) is 0. The van der Waals surface area contributed by atoms with Crippen molar-refractivity contribution in [1.82, 2.24) is 15.3 Å². The molecule has 1 unspecified atom stereocenters. The molecule has 0 radical (unpaired) electrons. The highest BCUT2D eigenvalue weighted by Gasteiger charge is 2.21. The van der Waals surface area contributed by atoms with E-state index in [1.54, 1.807) is 0 Å². The first-order chi connectivity index (χ1) is 9.15. The van der Waals surface area contributed by atoms with Gasteiger partial charge in [-0.2, -0.15) is 0 Å². The van der Waals surface area contributed by atoms with Crippen LogP contribution in [0.3, 0.4) is 0 Å². The zero-order chi connectivity index (χ0) is 13.7. The van der Waals surface area contributed by atoms with Gasteiger partial charge in [-0.15, -0.1) is 0 Å². The lowest BCUT2D eigenvalue weighted by Gasteiger charge is -2.33. The third kappa shape index (κ3) is 4.73. The van der Waals surface area contributed by atoms with Crippen LogP contribution in [-0.4, -0.2) is 36.1 Å². The molecule has 0 aliphatic carbocycles. The Kier molecular flexibility index (Phi) is 5.58. The molecule has 19 heavy (non-hydrogen) atoms. The Morgan fingerprint density at radius 3 is 2.84 bits per heavy atom. The van der Waals surface area contributed by atoms with E-state index in [1.165, 1.54) is 12.8 Å². The Labute approximate surface area is 124 Å². The summed E-state index contributed by atoms with van der Waals surface area (Å²) in [4.78, 5) is 11.1. The Morgan fingerprint density at radius 1 is 1.42 bits per heavy atom. The summed E-state index contributed by atoms with van der Waals surface area (Å²) >= 11 is 3.38. The van der Waals surface area contributed by atoms with E-state index in [0.717, 1.165) is 42.5 Å². The molecule has 1 aromatic rings. The molecule has 0 spiro atoms. The van der Waals surface area contributed by atoms with E-state index in [0.29, 0.717) is 5.92 Å². The number of anilines is 1. The van der Waals surface area contributed by atoms with Crippen LogP contribution in [0.25, 0.3) is 0 Å². The molecule has 2 heterocycles. The minimum absolute atomic E-state index is 0.708. The van der Waals surface area contributed by atoms with Crippen molar-refractivity contribution in [2.75, 3.05) is 31.1 Å². The Bertz CT molecular complexity index is 380. The molecule has 1 N–H and O–H groups in total. The van der Waals surface area contributed by atoms with Gasteiger partial charge in [-0.1, -0.05) is 13.8 Å². The highest BCUT2D eigenvalue weighted by Crippen LogP contribution is 2.20. The van der Waals surface area contributed by atoms with Gasteiger partial charge in [-0.25, -0.2) is 9.97 Å². The van der Waals surface area contributed by atoms with Crippen molar-refractivity contribution in [2.45, 2.75) is 26.7 Å². The topological polar surface area (TPSA) is 41.0 Å². The van der Waals surface area contributed by atoms with Gasteiger partial charge in [0.15, 0.2) is 0 Å². The normalized spacial score (nSPS) is 20.0. The van der Waals surface area contributed by atoms with Crippen LogP contribution in [0.4, 0.5) is 5.95 Å². The van der Waals surface area contributed by atoms with Gasteiger partial charge >= 0.3 is 0 Å². The lowest BCUT2D eigenvalue weighted by molar-refractivity contribution is 0.380. The maximum Gasteiger partial charge on any atom is 0.225 e. The molecule has 2 rings (SSSR count). The second kappa shape index (κ2) is 7.20. The van der Waals surface area contributed by atoms with E-state index in [9.17, 15) is 0 Å². The summed E-state index contributed by atoms with van der Waals surface area (Å²) in [5.41, 5.74) is 0. The zero-order valence-electron chi connectivity index (χ0n) is 11.8. The molecule has 1 saturated heterocycles. The van der Waals surface area contributed by atoms with E-state index >= 15 is 0 Å². The van der Waals surface area contributed by atoms with Gasteiger partial charge in [-0.3, -0.25) is 0 Å². The Balaban J connectivity index is 1.84. The number of halogens is 1. The molecular weight excluding hydrogens is 304 g/mol. The molecule has 4 nitrogen and oxygen atoms in total. The first kappa shape index (κ1) is 14.7. The van der Waals surface area contributed by atoms with Crippen LogP contribution in [0.15, 0.2) is 16.9 Å². The van der Waals surface area contributed by atoms with Gasteiger partial charge in [-0.05, 0) is 53.7 Å². The number of piperidine rings is 1. The largest absolute Gasteiger partial charge is 0.341 e. The first-order valence-corrected chi connectivity index (χ1v) is 7.87. The number of hydrogen-bond acceptors (Lipinski definition) is 4. The summed E-state index contributed by atoms with van der Waals surface area (Å²) in [6, 6.07) is 0. The number of hydrogen-bond donors (Lipinski definition) is 1. The molecule has 0 saturated carbocycles. The van der Waals surface area contributed by atoms with Crippen LogP contribution in [0, 0.1) is 11.8 Å². The smallest absolute Gasteiger partial charge is 0.225 e. The molecule has 1 aliphatic rings. The van der Waals surface area contributed by atoms with Crippen molar-refractivity contribution in [2.24, 2.45) is 11.8 Å². The van der Waals surface area contributed by atoms with Crippen LogP contribution in [-0.2, 0) is 0 Å². The molecule has 106 valence electrons. The fourth-order valence-corrected chi connectivity index (χ4v) is 2.66. The highest BCUT2D eigenvalue weighted by molar-refractivity contribution is 9.10. The van der Waals surface area contributed by atoms with Crippen LogP contribution in [0.2, 0.25) is 0 Å². The minimum Gasteiger partial charge on any atom is -0.341 e. The SMILES string of the molecule is CC(C)CNCC1CCCN(c2ncc(Br)cn2)C1. The highest BCUT2D eigenvalue weighted by atomic mass is 79.9. The minimum atomic E-state index is 0.708. The van der Waals surface area contributed by atoms with Gasteiger partial charge < -0.3 is 10.2 Å². The molecule has 1 aromatic heterocycles. The predicted octanol–water partition coefficient (Wildman–Crippen LogP) is 2.70. The van der Waals surface area contributed by atoms with Gasteiger partial charge in [0.25, 0.3) is 0 Å². The first-order valence-electron chi connectivity index (χ1n) is 7.08. The quantitative estimate of drug-likeness (QED) is 0.903. The average molecular weight is 327 g/mol. The average Bonchev–Trinajstić information content (AvgIpc) is 2.39. The van der Waals surface area contributed by atoms with E-state index in [-0.39, 0.29) is 0 Å². The van der Waals surface area contributed by atoms with E-state index in [4.69, 9.17) is 0 Å². The number of rotatable bonds is 5. The van der Waals surface area contributed by atoms with Crippen molar-refractivity contribution in [1.29, 1.82) is 0 Å². The molecule has 0 bridgehead atoms. The van der Waals surface area contributed by atoms with E-state index < -0.39 is 0 Å². The predicted molar refractivity (Wildman–Crippen MR) is 82.4 cm³/mol. The molecule has 1 aliphatic heterocycles. The van der Waals surface area contributed by atoms with Crippen molar-refractivity contribution in [3.8, 4) is 0 Å². The van der Waals surface area contributed by atoms with Gasteiger partial charge in [0.05, 0.1) is 4.47 Å². The fourth-order valence-electron chi connectivity index (χ4n) is 2.46. The van der Waals surface area contributed by atoms with Crippen molar-refractivity contribution in [3.63, 3.8) is 0 Å². The third-order valence-electron chi connectivity index (χ3n) is 3.39. The van der Waals surface area contributed by atoms with Crippen LogP contribution in [0.1, 0.15) is 26.7 Å². The second-order valence-electron chi connectivity index (χ2n) is 5.71. The van der Waals surface area contributed by atoms with E-state index in [2.05, 4.69) is 50.0 Å². The lowest BCUT2D eigenvalue weighted by atomic mass is 9.98. The Hall–Kier alpha value is -0.680. The van der Waals surface area contributed by atoms with E-state index in [1.807, 2.05) is 12.4 Å². The summed E-state index contributed by atoms with van der Waals surface area (Å²) < 4.78 is 0.934. The molecule has 0 aromatic carbocycles. The number of aromatic nitrogens is 2. The maximum atomic E-state index is 4.39. The summed E-state index contributed by atoms with van der Waals surface area (Å²) in [5.74, 6) is 2.28. The lowest BCUT2D eigenvalue weighted by Crippen LogP contribution is -2.41. The molecular formula is C14H23BrN4. The van der Waals surface area contributed by atoms with Crippen LogP contribution >= 0.6 is 15.9 Å². The summed E-state index contributed by atoms with van der Waals surface area (Å²) in [6.07, 6.45) is 6.18. The third-order valence-corrected chi connectivity index (χ3v) is 3.80. The monoisotopic (exact) mass is 326 g/mol. The summed E-state index contributed by atoms with van der Waals surface area (Å²) in [5, 5.41) is 3.56. The zero-order valence-corrected chi connectivity index (χ0v) is 13.4. The molecule has 1 fully saturated rings. The molecule has 0 amide bonds. The summed E-state index contributed by atoms with van der Waals surface area (Å²) in [6.45, 7) is 8.83. The number of nitrogens with one attached hydrogen (secondary N) is 1.